The fraction of sp³-hybridized carbons (Fsp3) is 0.200. The molecule has 9 aromatic carbocycles. The van der Waals surface area contributed by atoms with Gasteiger partial charge in [-0.3, -0.25) is 9.55 Å². The van der Waals surface area contributed by atoms with Crippen LogP contribution < -0.4 is 5.19 Å². The summed E-state index contributed by atoms with van der Waals surface area (Å²) >= 11 is 0. The zero-order valence-corrected chi connectivity index (χ0v) is 50.2. The molecule has 1 N–H and O–H groups in total. The Morgan fingerprint density at radius 2 is 1.10 bits per heavy atom. The van der Waals surface area contributed by atoms with Crippen LogP contribution in [-0.4, -0.2) is 32.3 Å². The van der Waals surface area contributed by atoms with E-state index in [-0.39, 0.29) is 22.0 Å². The van der Waals surface area contributed by atoms with E-state index >= 15 is 0 Å². The topological polar surface area (TPSA) is 69.0 Å². The van der Waals surface area contributed by atoms with Gasteiger partial charge in [-0.25, -0.2) is 4.98 Å². The standard InChI is InChI=1S/C75H70N4O2Si/c1-73(2,3)50-33-38-65(57(41-50)48-21-14-13-15-22-48)79-66-27-20-25-56(69(66)77-72(79)60-42-51(74(4,5)6)43-62(70(60)80)75(7,8)9)59-40-49(39-58-55-24-17-19-28-68(55)81-71(58)59)63-44-67-61(45-76-63)54-23-16-18-26-64(54)78(67)52-34-29-46(30-35-52)47-31-36-53(37-32-47)82(10,11)12/h13-45,80H,1-12H3. The van der Waals surface area contributed by atoms with E-state index in [4.69, 9.17) is 14.4 Å². The third-order valence-electron chi connectivity index (χ3n) is 16.7. The highest BCUT2D eigenvalue weighted by atomic mass is 28.3. The number of nitrogens with zero attached hydrogens (tertiary/aromatic N) is 4. The van der Waals surface area contributed by atoms with Gasteiger partial charge in [-0.05, 0) is 111 Å². The van der Waals surface area contributed by atoms with Crippen LogP contribution in [0.5, 0.6) is 5.75 Å². The van der Waals surface area contributed by atoms with Crippen molar-refractivity contribution in [1.82, 2.24) is 19.1 Å². The largest absolute Gasteiger partial charge is 0.507 e. The van der Waals surface area contributed by atoms with E-state index in [0.717, 1.165) is 111 Å². The zero-order valence-electron chi connectivity index (χ0n) is 49.2. The minimum atomic E-state index is -1.42. The molecule has 0 unspecified atom stereocenters. The Labute approximate surface area is 482 Å². The highest BCUT2D eigenvalue weighted by Gasteiger charge is 2.31. The fourth-order valence-corrected chi connectivity index (χ4v) is 13.2. The van der Waals surface area contributed by atoms with E-state index in [2.05, 4.69) is 273 Å². The van der Waals surface area contributed by atoms with Crippen molar-refractivity contribution in [2.24, 2.45) is 0 Å². The number of phenols is 1. The molecule has 7 heteroatoms. The van der Waals surface area contributed by atoms with Gasteiger partial charge in [-0.15, -0.1) is 0 Å². The molecule has 0 spiro atoms. The van der Waals surface area contributed by atoms with Crippen molar-refractivity contribution in [3.05, 3.63) is 217 Å². The van der Waals surface area contributed by atoms with E-state index in [1.54, 1.807) is 0 Å². The van der Waals surface area contributed by atoms with Crippen LogP contribution in [0.25, 0.3) is 122 Å². The van der Waals surface area contributed by atoms with Gasteiger partial charge in [0, 0.05) is 61.2 Å². The molecule has 13 rings (SSSR count). The summed E-state index contributed by atoms with van der Waals surface area (Å²) in [6.07, 6.45) is 2.04. The number of rotatable bonds is 8. The van der Waals surface area contributed by atoms with Crippen LogP contribution in [0.1, 0.15) is 79.0 Å². The molecule has 0 atom stereocenters. The molecule has 0 saturated heterocycles. The number of hydrogen-bond donors (Lipinski definition) is 1. The number of aromatic nitrogens is 4. The van der Waals surface area contributed by atoms with Crippen LogP contribution in [0.2, 0.25) is 19.6 Å². The van der Waals surface area contributed by atoms with Crippen molar-refractivity contribution in [3.8, 4) is 73.2 Å². The lowest BCUT2D eigenvalue weighted by molar-refractivity contribution is 0.446. The van der Waals surface area contributed by atoms with E-state index < -0.39 is 8.07 Å². The zero-order chi connectivity index (χ0) is 57.2. The first-order valence-electron chi connectivity index (χ1n) is 28.8. The summed E-state index contributed by atoms with van der Waals surface area (Å²) < 4.78 is 11.6. The van der Waals surface area contributed by atoms with E-state index in [1.807, 2.05) is 18.3 Å². The predicted octanol–water partition coefficient (Wildman–Crippen LogP) is 19.9. The summed E-state index contributed by atoms with van der Waals surface area (Å²) in [5.41, 5.74) is 18.9. The fourth-order valence-electron chi connectivity index (χ4n) is 12.0. The second kappa shape index (κ2) is 19.2. The second-order valence-corrected chi connectivity index (χ2v) is 31.6. The molecule has 6 nitrogen and oxygen atoms in total. The maximum atomic E-state index is 12.8. The number of benzene rings is 9. The summed E-state index contributed by atoms with van der Waals surface area (Å²) in [6.45, 7) is 27.2. The molecule has 4 heterocycles. The quantitative estimate of drug-likeness (QED) is 0.154. The molecule has 82 heavy (non-hydrogen) atoms. The molecule has 406 valence electrons. The van der Waals surface area contributed by atoms with Crippen molar-refractivity contribution < 1.29 is 9.52 Å². The Kier molecular flexibility index (Phi) is 12.3. The van der Waals surface area contributed by atoms with Crippen LogP contribution in [0.4, 0.5) is 0 Å². The Balaban J connectivity index is 1.06. The maximum absolute atomic E-state index is 12.8. The molecule has 0 fully saturated rings. The summed E-state index contributed by atoms with van der Waals surface area (Å²) in [6, 6.07) is 70.1. The van der Waals surface area contributed by atoms with Crippen LogP contribution >= 0.6 is 0 Å². The van der Waals surface area contributed by atoms with Gasteiger partial charge in [0.2, 0.25) is 0 Å². The molecule has 4 aromatic heterocycles. The highest BCUT2D eigenvalue weighted by molar-refractivity contribution is 6.88. The Hall–Kier alpha value is -8.78. The Morgan fingerprint density at radius 3 is 1.79 bits per heavy atom. The van der Waals surface area contributed by atoms with Crippen molar-refractivity contribution in [2.75, 3.05) is 0 Å². The van der Waals surface area contributed by atoms with Gasteiger partial charge in [-0.1, -0.05) is 215 Å². The smallest absolute Gasteiger partial charge is 0.149 e. The van der Waals surface area contributed by atoms with Crippen molar-refractivity contribution in [3.63, 3.8) is 0 Å². The molecule has 0 aliphatic carbocycles. The Morgan fingerprint density at radius 1 is 0.451 bits per heavy atom. The summed E-state index contributed by atoms with van der Waals surface area (Å²) in [5.74, 6) is 0.886. The van der Waals surface area contributed by atoms with Crippen molar-refractivity contribution in [1.29, 1.82) is 0 Å². The minimum absolute atomic E-state index is 0.110. The number of hydrogen-bond acceptors (Lipinski definition) is 4. The maximum Gasteiger partial charge on any atom is 0.149 e. The minimum Gasteiger partial charge on any atom is -0.507 e. The third kappa shape index (κ3) is 9.03. The van der Waals surface area contributed by atoms with Crippen LogP contribution in [0, 0.1) is 0 Å². The van der Waals surface area contributed by atoms with Gasteiger partial charge in [0.25, 0.3) is 0 Å². The molecule has 0 aliphatic heterocycles. The van der Waals surface area contributed by atoms with Gasteiger partial charge in [0.15, 0.2) is 0 Å². The number of imidazole rings is 1. The number of furan rings is 1. The first kappa shape index (κ1) is 52.6. The number of phenolic OH excluding ortho intramolecular Hbond substituents is 1. The summed E-state index contributed by atoms with van der Waals surface area (Å²) in [5, 5.41) is 18.5. The lowest BCUT2D eigenvalue weighted by Gasteiger charge is -2.28. The predicted molar refractivity (Wildman–Crippen MR) is 348 cm³/mol. The van der Waals surface area contributed by atoms with Gasteiger partial charge in [-0.2, -0.15) is 0 Å². The number of para-hydroxylation sites is 3. The highest BCUT2D eigenvalue weighted by Crippen LogP contribution is 2.48. The molecule has 0 amide bonds. The average molecular weight is 1090 g/mol. The first-order valence-corrected chi connectivity index (χ1v) is 32.3. The van der Waals surface area contributed by atoms with Gasteiger partial charge in [0.1, 0.15) is 22.7 Å². The van der Waals surface area contributed by atoms with Crippen molar-refractivity contribution >= 4 is 68.0 Å². The molecular formula is C75H70N4O2Si. The lowest BCUT2D eigenvalue weighted by atomic mass is 9.79. The van der Waals surface area contributed by atoms with Gasteiger partial charge >= 0.3 is 0 Å². The van der Waals surface area contributed by atoms with Crippen LogP contribution in [0.3, 0.4) is 0 Å². The molecule has 13 aromatic rings. The van der Waals surface area contributed by atoms with Crippen LogP contribution in [-0.2, 0) is 16.2 Å². The first-order chi connectivity index (χ1) is 39.1. The van der Waals surface area contributed by atoms with Gasteiger partial charge < -0.3 is 14.1 Å². The van der Waals surface area contributed by atoms with Crippen molar-refractivity contribution in [2.45, 2.75) is 98.2 Å². The normalized spacial score (nSPS) is 12.7. The Bertz CT molecular complexity index is 4650. The molecule has 0 saturated carbocycles. The second-order valence-electron chi connectivity index (χ2n) is 26.5. The number of aromatic hydroxyl groups is 1. The molecule has 0 radical (unpaired) electrons. The number of fused-ring (bicyclic) bond motifs is 7. The average Bonchev–Trinajstić information content (AvgIpc) is 2.33. The molecule has 0 aliphatic rings. The van der Waals surface area contributed by atoms with Gasteiger partial charge in [0.05, 0.1) is 47.1 Å². The van der Waals surface area contributed by atoms with E-state index in [1.165, 1.54) is 21.9 Å². The monoisotopic (exact) mass is 1090 g/mol. The lowest BCUT2D eigenvalue weighted by Crippen LogP contribution is -2.37. The van der Waals surface area contributed by atoms with E-state index in [0.29, 0.717) is 11.4 Å². The SMILES string of the molecule is CC(C)(C)c1ccc(-n2c(-c3cc(C(C)(C)C)cc(C(C)(C)C)c3O)nc3c(-c4cc(-c5cc6c(cn5)c5ccccc5n6-c5ccc(-c6ccc([Si](C)(C)C)cc6)cc5)cc5c4oc4ccccc45)cccc32)c(-c2ccccc2)c1. The summed E-state index contributed by atoms with van der Waals surface area (Å²) in [7, 11) is -1.42. The van der Waals surface area contributed by atoms with Crippen LogP contribution in [0.15, 0.2) is 205 Å². The molecular weight excluding hydrogens is 1020 g/mol. The summed E-state index contributed by atoms with van der Waals surface area (Å²) in [4.78, 5) is 11.1. The number of pyridine rings is 1. The molecule has 0 bridgehead atoms. The van der Waals surface area contributed by atoms with E-state index in [9.17, 15) is 5.11 Å². The third-order valence-corrected chi connectivity index (χ3v) is 18.8.